The smallest absolute Gasteiger partial charge is 0.343 e. The highest BCUT2D eigenvalue weighted by atomic mass is 32.1. The fourth-order valence-electron chi connectivity index (χ4n) is 11.7. The van der Waals surface area contributed by atoms with Crippen LogP contribution in [0.1, 0.15) is 132 Å². The zero-order valence-electron chi connectivity index (χ0n) is 41.8. The first-order chi connectivity index (χ1) is 30.9. The summed E-state index contributed by atoms with van der Waals surface area (Å²) in [7, 11) is 0. The third kappa shape index (κ3) is 5.73. The van der Waals surface area contributed by atoms with E-state index in [1.165, 1.54) is 130 Å². The molecule has 2 nitrogen and oxygen atoms in total. The molecule has 0 fully saturated rings. The monoisotopic (exact) mass is 878 g/mol. The van der Waals surface area contributed by atoms with Crippen LogP contribution in [-0.4, -0.2) is 11.3 Å². The van der Waals surface area contributed by atoms with E-state index in [9.17, 15) is 0 Å². The van der Waals surface area contributed by atoms with E-state index < -0.39 is 0 Å². The second-order valence-electron chi connectivity index (χ2n) is 25.1. The minimum Gasteiger partial charge on any atom is -0.375 e. The molecule has 0 radical (unpaired) electrons. The lowest BCUT2D eigenvalue weighted by Gasteiger charge is -2.41. The van der Waals surface area contributed by atoms with Gasteiger partial charge < -0.3 is 9.38 Å². The molecule has 2 aliphatic rings. The summed E-state index contributed by atoms with van der Waals surface area (Å²) in [6.45, 7) is 35.3. The number of aromatic nitrogens is 1. The SMILES string of the molecule is CC(C)(C)c1ccc(N2c3c(sc4c(C(C)(C)C)cccc34)B3c4c(c5ccc6cc(C(C)(C)C)cc7ccc(c42)c5c67)-c2cc(C(C)(C)C)cc4c5cc(C(C)(C)C)ccc5n3c24)cc1. The van der Waals surface area contributed by atoms with Gasteiger partial charge in [-0.2, -0.15) is 0 Å². The quantitative estimate of drug-likeness (QED) is 0.118. The highest BCUT2D eigenvalue weighted by Crippen LogP contribution is 2.55. The summed E-state index contributed by atoms with van der Waals surface area (Å²) in [5.74, 6) is 0. The average molecular weight is 879 g/mol. The molecule has 10 aromatic rings. The fourth-order valence-corrected chi connectivity index (χ4v) is 13.4. The maximum Gasteiger partial charge on any atom is 0.343 e. The predicted molar refractivity (Wildman–Crippen MR) is 293 cm³/mol. The van der Waals surface area contributed by atoms with Crippen molar-refractivity contribution in [3.8, 4) is 11.1 Å². The minimum absolute atomic E-state index is 0.0115. The maximum atomic E-state index is 2.79. The van der Waals surface area contributed by atoms with Crippen LogP contribution in [0.2, 0.25) is 0 Å². The second kappa shape index (κ2) is 13.1. The van der Waals surface area contributed by atoms with Crippen LogP contribution >= 0.6 is 11.3 Å². The van der Waals surface area contributed by atoms with E-state index in [1.54, 1.807) is 0 Å². The van der Waals surface area contributed by atoms with Crippen molar-refractivity contribution in [2.75, 3.05) is 4.90 Å². The Bertz CT molecular complexity index is 3690. The van der Waals surface area contributed by atoms with E-state index >= 15 is 0 Å². The Kier molecular flexibility index (Phi) is 8.30. The van der Waals surface area contributed by atoms with Crippen molar-refractivity contribution in [3.05, 3.63) is 137 Å². The van der Waals surface area contributed by atoms with Gasteiger partial charge >= 0.3 is 6.85 Å². The van der Waals surface area contributed by atoms with Crippen LogP contribution < -0.4 is 15.1 Å². The Morgan fingerprint density at radius 1 is 0.455 bits per heavy atom. The highest BCUT2D eigenvalue weighted by Gasteiger charge is 2.47. The van der Waals surface area contributed by atoms with Crippen molar-refractivity contribution in [1.82, 2.24) is 4.48 Å². The Morgan fingerprint density at radius 3 is 1.67 bits per heavy atom. The van der Waals surface area contributed by atoms with Crippen molar-refractivity contribution in [3.63, 3.8) is 0 Å². The molecule has 330 valence electrons. The molecule has 0 saturated heterocycles. The molecule has 2 aliphatic heterocycles. The lowest BCUT2D eigenvalue weighted by Crippen LogP contribution is -2.55. The van der Waals surface area contributed by atoms with Crippen molar-refractivity contribution in [2.45, 2.75) is 131 Å². The second-order valence-corrected chi connectivity index (χ2v) is 26.1. The Balaban J connectivity index is 1.35. The van der Waals surface area contributed by atoms with Gasteiger partial charge in [0.1, 0.15) is 0 Å². The van der Waals surface area contributed by atoms with Crippen molar-refractivity contribution < 1.29 is 0 Å². The maximum absolute atomic E-state index is 2.79. The van der Waals surface area contributed by atoms with Gasteiger partial charge in [0.05, 0.1) is 11.4 Å². The van der Waals surface area contributed by atoms with Crippen LogP contribution in [0.25, 0.3) is 75.3 Å². The molecule has 2 aromatic heterocycles. The number of anilines is 3. The summed E-state index contributed by atoms with van der Waals surface area (Å²) < 4.78 is 5.61. The summed E-state index contributed by atoms with van der Waals surface area (Å²) in [4.78, 5) is 2.72. The summed E-state index contributed by atoms with van der Waals surface area (Å²) in [6.07, 6.45) is 0. The van der Waals surface area contributed by atoms with Gasteiger partial charge in [0.2, 0.25) is 0 Å². The molecule has 66 heavy (non-hydrogen) atoms. The molecular weight excluding hydrogens is 816 g/mol. The molecule has 0 saturated carbocycles. The van der Waals surface area contributed by atoms with E-state index in [0.717, 1.165) is 0 Å². The lowest BCUT2D eigenvalue weighted by molar-refractivity contribution is 0.590. The van der Waals surface area contributed by atoms with Crippen molar-refractivity contribution in [2.24, 2.45) is 0 Å². The number of thiophene rings is 1. The molecule has 8 aromatic carbocycles. The molecule has 0 N–H and O–H groups in total. The number of hydrogen-bond donors (Lipinski definition) is 0. The molecule has 0 aliphatic carbocycles. The first-order valence-electron chi connectivity index (χ1n) is 24.3. The van der Waals surface area contributed by atoms with E-state index in [0.29, 0.717) is 0 Å². The normalized spacial score (nSPS) is 14.5. The summed E-state index contributed by atoms with van der Waals surface area (Å²) >= 11 is 2.04. The van der Waals surface area contributed by atoms with Gasteiger partial charge in [0.15, 0.2) is 0 Å². The molecule has 0 amide bonds. The van der Waals surface area contributed by atoms with Crippen LogP contribution in [0.5, 0.6) is 0 Å². The van der Waals surface area contributed by atoms with Crippen LogP contribution in [-0.2, 0) is 27.1 Å². The Morgan fingerprint density at radius 2 is 1.05 bits per heavy atom. The number of fused-ring (bicyclic) bond motifs is 11. The fraction of sp³-hybridized carbons (Fsp3) is 0.323. The molecule has 0 bridgehead atoms. The molecule has 0 unspecified atom stereocenters. The molecule has 12 rings (SSSR count). The van der Waals surface area contributed by atoms with Crippen molar-refractivity contribution >= 4 is 110 Å². The first kappa shape index (κ1) is 41.8. The standard InChI is InChI=1S/C62H63BN2S/c1-58(2,3)36-21-24-40(25-22-36)64-54-42-27-20-35-30-38(60(7,8)9)29-34-19-26-41(50(42)49(34)35)51-46-33-39(61(10,11)12)32-45-44-31-37(59(4,5)6)23-28-48(44)65(53(45)46)63(52(51)54)57-55(64)43-17-16-18-47(56(43)66-57)62(13,14)15/h16-33H,1-15H3. The molecular formula is C62H63BN2S. The van der Waals surface area contributed by atoms with E-state index in [4.69, 9.17) is 0 Å². The Hall–Kier alpha value is -5.58. The molecule has 0 atom stereocenters. The van der Waals surface area contributed by atoms with E-state index in [-0.39, 0.29) is 33.9 Å². The topological polar surface area (TPSA) is 8.17 Å². The van der Waals surface area contributed by atoms with Crippen LogP contribution in [0.4, 0.5) is 17.1 Å². The van der Waals surface area contributed by atoms with Gasteiger partial charge in [0, 0.05) is 58.7 Å². The van der Waals surface area contributed by atoms with Crippen LogP contribution in [0.15, 0.2) is 109 Å². The Labute approximate surface area is 396 Å². The zero-order chi connectivity index (χ0) is 46.5. The zero-order valence-corrected chi connectivity index (χ0v) is 42.6. The molecule has 0 spiro atoms. The minimum atomic E-state index is -0.0619. The largest absolute Gasteiger partial charge is 0.375 e. The van der Waals surface area contributed by atoms with Crippen LogP contribution in [0, 0.1) is 0 Å². The first-order valence-corrected chi connectivity index (χ1v) is 25.1. The molecule has 4 heterocycles. The van der Waals surface area contributed by atoms with E-state index in [2.05, 4.69) is 222 Å². The van der Waals surface area contributed by atoms with Gasteiger partial charge in [-0.1, -0.05) is 177 Å². The van der Waals surface area contributed by atoms with Gasteiger partial charge in [-0.25, -0.2) is 0 Å². The lowest BCUT2D eigenvalue weighted by atomic mass is 9.47. The van der Waals surface area contributed by atoms with Gasteiger partial charge in [-0.05, 0) is 124 Å². The number of benzene rings is 8. The predicted octanol–water partition coefficient (Wildman–Crippen LogP) is 16.8. The highest BCUT2D eigenvalue weighted by molar-refractivity contribution is 7.32. The average Bonchev–Trinajstić information content (AvgIpc) is 3.79. The van der Waals surface area contributed by atoms with Gasteiger partial charge in [-0.15, -0.1) is 11.3 Å². The van der Waals surface area contributed by atoms with E-state index in [1.807, 2.05) is 11.3 Å². The van der Waals surface area contributed by atoms with Gasteiger partial charge in [-0.3, -0.25) is 0 Å². The number of nitrogens with zero attached hydrogens (tertiary/aromatic N) is 2. The van der Waals surface area contributed by atoms with Crippen LogP contribution in [0.3, 0.4) is 0 Å². The summed E-state index contributed by atoms with van der Waals surface area (Å²) in [6, 6.07) is 44.0. The van der Waals surface area contributed by atoms with Crippen molar-refractivity contribution in [1.29, 1.82) is 0 Å². The third-order valence-corrected chi connectivity index (χ3v) is 16.7. The van der Waals surface area contributed by atoms with Gasteiger partial charge in [0.25, 0.3) is 0 Å². The number of hydrogen-bond acceptors (Lipinski definition) is 2. The summed E-state index contributed by atoms with van der Waals surface area (Å²) in [5.41, 5.74) is 17.6. The number of rotatable bonds is 1. The molecule has 4 heteroatoms. The third-order valence-electron chi connectivity index (χ3n) is 15.4. The summed E-state index contributed by atoms with van der Waals surface area (Å²) in [5, 5.41) is 12.1.